The molecule has 1 saturated carbocycles. The van der Waals surface area contributed by atoms with Crippen molar-refractivity contribution in [3.8, 4) is 0 Å². The van der Waals surface area contributed by atoms with Crippen LogP contribution in [-0.4, -0.2) is 16.3 Å². The van der Waals surface area contributed by atoms with Gasteiger partial charge in [0.05, 0.1) is 6.10 Å². The molecule has 2 atom stereocenters. The number of rotatable bonds is 1. The maximum Gasteiger partial charge on any atom is 0.123 e. The molecule has 0 heterocycles. The Hall–Kier alpha value is -0.930. The van der Waals surface area contributed by atoms with Gasteiger partial charge in [0, 0.05) is 0 Å². The molecule has 0 aliphatic heterocycles. The van der Waals surface area contributed by atoms with Gasteiger partial charge in [-0.05, 0) is 30.5 Å². The molecule has 3 heteroatoms. The zero-order valence-corrected chi connectivity index (χ0v) is 8.49. The number of benzene rings is 1. The summed E-state index contributed by atoms with van der Waals surface area (Å²) in [5.41, 5.74) is -0.581. The molecule has 0 saturated heterocycles. The number of halogens is 1. The van der Waals surface area contributed by atoms with E-state index in [1.165, 1.54) is 12.1 Å². The number of hydrogen-bond acceptors (Lipinski definition) is 2. The van der Waals surface area contributed by atoms with E-state index >= 15 is 0 Å². The van der Waals surface area contributed by atoms with Gasteiger partial charge < -0.3 is 10.2 Å². The summed E-state index contributed by atoms with van der Waals surface area (Å²) < 4.78 is 12.7. The van der Waals surface area contributed by atoms with Crippen molar-refractivity contribution in [2.75, 3.05) is 0 Å². The molecule has 0 unspecified atom stereocenters. The van der Waals surface area contributed by atoms with Crippen molar-refractivity contribution < 1.29 is 14.6 Å². The van der Waals surface area contributed by atoms with Gasteiger partial charge in [-0.2, -0.15) is 0 Å². The van der Waals surface area contributed by atoms with Crippen LogP contribution in [0.3, 0.4) is 0 Å². The quantitative estimate of drug-likeness (QED) is 0.743. The molecular formula is C12H15FO2. The predicted molar refractivity (Wildman–Crippen MR) is 54.8 cm³/mol. The molecule has 0 aromatic heterocycles. The molecule has 0 radical (unpaired) electrons. The summed E-state index contributed by atoms with van der Waals surface area (Å²) in [6, 6.07) is 5.72. The van der Waals surface area contributed by atoms with Crippen molar-refractivity contribution >= 4 is 0 Å². The van der Waals surface area contributed by atoms with Crippen LogP contribution in [0.15, 0.2) is 24.3 Å². The molecule has 0 spiro atoms. The van der Waals surface area contributed by atoms with Gasteiger partial charge in [-0.25, -0.2) is 4.39 Å². The number of aliphatic hydroxyl groups is 2. The van der Waals surface area contributed by atoms with Crippen LogP contribution in [0.25, 0.3) is 0 Å². The van der Waals surface area contributed by atoms with Crippen LogP contribution >= 0.6 is 0 Å². The minimum atomic E-state index is -1.19. The van der Waals surface area contributed by atoms with Crippen LogP contribution in [0, 0.1) is 5.82 Å². The summed E-state index contributed by atoms with van der Waals surface area (Å²) in [6.07, 6.45) is 2.24. The summed E-state index contributed by atoms with van der Waals surface area (Å²) in [7, 11) is 0. The fourth-order valence-electron chi connectivity index (χ4n) is 2.21. The maximum atomic E-state index is 12.7. The van der Waals surface area contributed by atoms with Crippen LogP contribution in [0.2, 0.25) is 0 Å². The first-order valence-corrected chi connectivity index (χ1v) is 5.29. The minimum absolute atomic E-state index is 0.326. The SMILES string of the molecule is O[C@H]1CCCC[C@]1(O)c1ccc(F)cc1. The van der Waals surface area contributed by atoms with E-state index in [-0.39, 0.29) is 5.82 Å². The lowest BCUT2D eigenvalue weighted by atomic mass is 9.77. The molecule has 2 nitrogen and oxygen atoms in total. The Morgan fingerprint density at radius 1 is 1.20 bits per heavy atom. The van der Waals surface area contributed by atoms with Gasteiger partial charge in [0.1, 0.15) is 11.4 Å². The fourth-order valence-corrected chi connectivity index (χ4v) is 2.21. The second kappa shape index (κ2) is 3.91. The molecule has 2 rings (SSSR count). The van der Waals surface area contributed by atoms with Crippen molar-refractivity contribution in [1.29, 1.82) is 0 Å². The molecule has 15 heavy (non-hydrogen) atoms. The van der Waals surface area contributed by atoms with Crippen molar-refractivity contribution in [2.24, 2.45) is 0 Å². The van der Waals surface area contributed by atoms with Crippen molar-refractivity contribution in [2.45, 2.75) is 37.4 Å². The first-order chi connectivity index (χ1) is 7.13. The average molecular weight is 210 g/mol. The van der Waals surface area contributed by atoms with Gasteiger partial charge in [-0.15, -0.1) is 0 Å². The Bertz CT molecular complexity index is 336. The number of hydrogen-bond donors (Lipinski definition) is 2. The molecule has 0 amide bonds. The normalized spacial score (nSPS) is 31.5. The molecule has 0 bridgehead atoms. The van der Waals surface area contributed by atoms with Crippen LogP contribution in [0.1, 0.15) is 31.2 Å². The largest absolute Gasteiger partial charge is 0.390 e. The summed E-state index contributed by atoms with van der Waals surface area (Å²) in [5, 5.41) is 20.1. The highest BCUT2D eigenvalue weighted by atomic mass is 19.1. The van der Waals surface area contributed by atoms with Crippen molar-refractivity contribution in [1.82, 2.24) is 0 Å². The predicted octanol–water partition coefficient (Wildman–Crippen LogP) is 1.95. The Morgan fingerprint density at radius 3 is 2.47 bits per heavy atom. The van der Waals surface area contributed by atoms with Gasteiger partial charge in [-0.1, -0.05) is 25.0 Å². The highest BCUT2D eigenvalue weighted by molar-refractivity contribution is 5.25. The summed E-state index contributed by atoms with van der Waals surface area (Å²) in [4.78, 5) is 0. The summed E-state index contributed by atoms with van der Waals surface area (Å²) in [6.45, 7) is 0. The lowest BCUT2D eigenvalue weighted by Crippen LogP contribution is -2.42. The molecule has 1 aliphatic carbocycles. The van der Waals surface area contributed by atoms with Gasteiger partial charge in [0.2, 0.25) is 0 Å². The van der Waals surface area contributed by atoms with Crippen LogP contribution < -0.4 is 0 Å². The van der Waals surface area contributed by atoms with Gasteiger partial charge in [0.15, 0.2) is 0 Å². The standard InChI is InChI=1S/C12H15FO2/c13-10-6-4-9(5-7-10)12(15)8-2-1-3-11(12)14/h4-7,11,14-15H,1-3,8H2/t11-,12-/m0/s1. The zero-order chi connectivity index (χ0) is 10.9. The van der Waals surface area contributed by atoms with E-state index in [2.05, 4.69) is 0 Å². The first kappa shape index (κ1) is 10.6. The minimum Gasteiger partial charge on any atom is -0.390 e. The molecule has 1 aliphatic rings. The van der Waals surface area contributed by atoms with Crippen LogP contribution in [0.5, 0.6) is 0 Å². The molecule has 1 aromatic carbocycles. The van der Waals surface area contributed by atoms with E-state index in [0.29, 0.717) is 18.4 Å². The smallest absolute Gasteiger partial charge is 0.123 e. The topological polar surface area (TPSA) is 40.5 Å². The third-order valence-electron chi connectivity index (χ3n) is 3.18. The molecule has 82 valence electrons. The van der Waals surface area contributed by atoms with Crippen molar-refractivity contribution in [3.63, 3.8) is 0 Å². The van der Waals surface area contributed by atoms with E-state index in [9.17, 15) is 14.6 Å². The van der Waals surface area contributed by atoms with Crippen LogP contribution in [0.4, 0.5) is 4.39 Å². The second-order valence-electron chi connectivity index (χ2n) is 4.19. The molecule has 1 aromatic rings. The monoisotopic (exact) mass is 210 g/mol. The molecular weight excluding hydrogens is 195 g/mol. The third-order valence-corrected chi connectivity index (χ3v) is 3.18. The van der Waals surface area contributed by atoms with E-state index in [0.717, 1.165) is 12.8 Å². The number of aliphatic hydroxyl groups excluding tert-OH is 1. The highest BCUT2D eigenvalue weighted by Gasteiger charge is 2.39. The molecule has 2 N–H and O–H groups in total. The fraction of sp³-hybridized carbons (Fsp3) is 0.500. The Labute approximate surface area is 88.4 Å². The first-order valence-electron chi connectivity index (χ1n) is 5.29. The van der Waals surface area contributed by atoms with Gasteiger partial charge >= 0.3 is 0 Å². The Balaban J connectivity index is 2.30. The van der Waals surface area contributed by atoms with E-state index in [1.54, 1.807) is 12.1 Å². The Kier molecular flexibility index (Phi) is 2.76. The van der Waals surface area contributed by atoms with Crippen molar-refractivity contribution in [3.05, 3.63) is 35.6 Å². The van der Waals surface area contributed by atoms with Gasteiger partial charge in [-0.3, -0.25) is 0 Å². The van der Waals surface area contributed by atoms with Crippen LogP contribution in [-0.2, 0) is 5.60 Å². The van der Waals surface area contributed by atoms with E-state index < -0.39 is 11.7 Å². The molecule has 1 fully saturated rings. The van der Waals surface area contributed by atoms with E-state index in [1.807, 2.05) is 0 Å². The summed E-state index contributed by atoms with van der Waals surface area (Å²) in [5.74, 6) is -0.326. The zero-order valence-electron chi connectivity index (χ0n) is 8.49. The van der Waals surface area contributed by atoms with Gasteiger partial charge in [0.25, 0.3) is 0 Å². The second-order valence-corrected chi connectivity index (χ2v) is 4.19. The summed E-state index contributed by atoms with van der Waals surface area (Å²) >= 11 is 0. The third kappa shape index (κ3) is 1.90. The lowest BCUT2D eigenvalue weighted by molar-refractivity contribution is -0.106. The van der Waals surface area contributed by atoms with E-state index in [4.69, 9.17) is 0 Å². The Morgan fingerprint density at radius 2 is 1.87 bits per heavy atom. The average Bonchev–Trinajstić information content (AvgIpc) is 2.23. The highest BCUT2D eigenvalue weighted by Crippen LogP contribution is 2.37. The maximum absolute atomic E-state index is 12.7. The lowest BCUT2D eigenvalue weighted by Gasteiger charge is -2.37.